The highest BCUT2D eigenvalue weighted by Gasteiger charge is 2.21. The van der Waals surface area contributed by atoms with Crippen molar-refractivity contribution >= 4 is 6.16 Å². The Morgan fingerprint density at radius 1 is 1.27 bits per heavy atom. The summed E-state index contributed by atoms with van der Waals surface area (Å²) in [5.41, 5.74) is 0.782. The molecule has 0 aromatic heterocycles. The maximum atomic E-state index is 12.1. The van der Waals surface area contributed by atoms with Gasteiger partial charge in [-0.05, 0) is 12.0 Å². The van der Waals surface area contributed by atoms with Crippen LogP contribution >= 0.6 is 0 Å². The number of carbonyl (C=O) groups excluding carboxylic acids is 1. The number of hydrogen-bond acceptors (Lipinski definition) is 1. The van der Waals surface area contributed by atoms with Crippen LogP contribution in [0.25, 0.3) is 0 Å². The lowest BCUT2D eigenvalue weighted by atomic mass is 10.1. The lowest BCUT2D eigenvalue weighted by Crippen LogP contribution is -2.33. The van der Waals surface area contributed by atoms with E-state index in [-0.39, 0.29) is 17.9 Å². The predicted molar refractivity (Wildman–Crippen MR) is 49.4 cm³/mol. The van der Waals surface area contributed by atoms with Crippen LogP contribution in [0.15, 0.2) is 30.3 Å². The van der Waals surface area contributed by atoms with Crippen LogP contribution in [0.1, 0.15) is 5.56 Å². The average molecular weight is 217 g/mol. The summed E-state index contributed by atoms with van der Waals surface area (Å²) < 4.78 is 36.4. The number of amides is 1. The molecule has 0 unspecified atom stereocenters. The van der Waals surface area contributed by atoms with Crippen LogP contribution in [0.3, 0.4) is 0 Å². The first-order chi connectivity index (χ1) is 7.11. The molecule has 0 aliphatic rings. The Morgan fingerprint density at radius 3 is 2.33 bits per heavy atom. The average Bonchev–Trinajstić information content (AvgIpc) is 2.18. The minimum absolute atomic E-state index is 0.104. The SMILES string of the molecule is O=C(F)N(CCc1ccccc1)C(F)F. The van der Waals surface area contributed by atoms with E-state index in [4.69, 9.17) is 0 Å². The second-order valence-electron chi connectivity index (χ2n) is 2.96. The van der Waals surface area contributed by atoms with Gasteiger partial charge in [0.05, 0.1) is 0 Å². The number of carbonyl (C=O) groups is 1. The Kier molecular flexibility index (Phi) is 4.15. The van der Waals surface area contributed by atoms with E-state index in [0.717, 1.165) is 5.56 Å². The van der Waals surface area contributed by atoms with Crippen molar-refractivity contribution in [1.82, 2.24) is 4.90 Å². The van der Waals surface area contributed by atoms with Gasteiger partial charge in [-0.2, -0.15) is 8.78 Å². The van der Waals surface area contributed by atoms with E-state index in [2.05, 4.69) is 0 Å². The van der Waals surface area contributed by atoms with Crippen LogP contribution in [-0.4, -0.2) is 24.2 Å². The standard InChI is InChI=1S/C10H10F3NO/c11-9(12)14(10(13)15)7-6-8-4-2-1-3-5-8/h1-5,9H,6-7H2. The molecule has 1 aromatic rings. The van der Waals surface area contributed by atoms with Crippen LogP contribution in [0, 0.1) is 0 Å². The molecule has 0 fully saturated rings. The topological polar surface area (TPSA) is 20.3 Å². The molecule has 82 valence electrons. The fourth-order valence-electron chi connectivity index (χ4n) is 1.16. The van der Waals surface area contributed by atoms with Gasteiger partial charge in [0.25, 0.3) is 0 Å². The molecule has 0 saturated carbocycles. The highest BCUT2D eigenvalue weighted by Crippen LogP contribution is 2.08. The van der Waals surface area contributed by atoms with Crippen LogP contribution in [0.4, 0.5) is 18.0 Å². The van der Waals surface area contributed by atoms with Gasteiger partial charge in [-0.15, -0.1) is 4.39 Å². The highest BCUT2D eigenvalue weighted by molar-refractivity contribution is 5.66. The molecule has 0 N–H and O–H groups in total. The summed E-state index contributed by atoms with van der Waals surface area (Å²) in [6.45, 7) is -3.41. The van der Waals surface area contributed by atoms with E-state index >= 15 is 0 Å². The number of alkyl halides is 2. The Balaban J connectivity index is 2.51. The van der Waals surface area contributed by atoms with E-state index in [1.807, 2.05) is 0 Å². The minimum atomic E-state index is -3.09. The molecular weight excluding hydrogens is 207 g/mol. The fraction of sp³-hybridized carbons (Fsp3) is 0.300. The van der Waals surface area contributed by atoms with Crippen molar-refractivity contribution < 1.29 is 18.0 Å². The largest absolute Gasteiger partial charge is 0.404 e. The second-order valence-corrected chi connectivity index (χ2v) is 2.96. The molecule has 15 heavy (non-hydrogen) atoms. The van der Waals surface area contributed by atoms with E-state index < -0.39 is 12.7 Å². The molecule has 0 bridgehead atoms. The summed E-state index contributed by atoms with van der Waals surface area (Å²) in [6, 6.07) is 8.74. The van der Waals surface area contributed by atoms with Gasteiger partial charge in [0.1, 0.15) is 0 Å². The molecule has 0 saturated heterocycles. The Morgan fingerprint density at radius 2 is 1.87 bits per heavy atom. The number of nitrogens with zero attached hydrogens (tertiary/aromatic N) is 1. The molecule has 0 spiro atoms. The monoisotopic (exact) mass is 217 g/mol. The summed E-state index contributed by atoms with van der Waals surface area (Å²) in [7, 11) is 0. The van der Waals surface area contributed by atoms with Crippen molar-refractivity contribution in [3.05, 3.63) is 35.9 Å². The van der Waals surface area contributed by atoms with Gasteiger partial charge in [-0.25, -0.2) is 4.79 Å². The van der Waals surface area contributed by atoms with Crippen molar-refractivity contribution in [2.45, 2.75) is 13.0 Å². The molecule has 1 aromatic carbocycles. The van der Waals surface area contributed by atoms with E-state index in [9.17, 15) is 18.0 Å². The summed E-state index contributed by atoms with van der Waals surface area (Å²) in [4.78, 5) is 10.1. The molecule has 0 aliphatic carbocycles. The third-order valence-corrected chi connectivity index (χ3v) is 1.95. The van der Waals surface area contributed by atoms with E-state index in [1.165, 1.54) is 0 Å². The smallest absolute Gasteiger partial charge is 0.257 e. The molecule has 0 radical (unpaired) electrons. The van der Waals surface area contributed by atoms with Crippen LogP contribution in [0.2, 0.25) is 0 Å². The number of benzene rings is 1. The van der Waals surface area contributed by atoms with E-state index in [0.29, 0.717) is 0 Å². The number of halogens is 3. The third kappa shape index (κ3) is 3.61. The molecule has 1 rings (SSSR count). The summed E-state index contributed by atoms with van der Waals surface area (Å²) >= 11 is 0. The van der Waals surface area contributed by atoms with Crippen molar-refractivity contribution in [1.29, 1.82) is 0 Å². The molecule has 0 atom stereocenters. The molecule has 0 aliphatic heterocycles. The third-order valence-electron chi connectivity index (χ3n) is 1.95. The predicted octanol–water partition coefficient (Wildman–Crippen LogP) is 2.84. The zero-order chi connectivity index (χ0) is 11.3. The van der Waals surface area contributed by atoms with Crippen LogP contribution in [-0.2, 0) is 6.42 Å². The van der Waals surface area contributed by atoms with Gasteiger partial charge in [-0.3, -0.25) is 4.90 Å². The van der Waals surface area contributed by atoms with Crippen molar-refractivity contribution in [2.24, 2.45) is 0 Å². The van der Waals surface area contributed by atoms with E-state index in [1.54, 1.807) is 30.3 Å². The van der Waals surface area contributed by atoms with Crippen molar-refractivity contribution in [2.75, 3.05) is 6.54 Å². The Bertz CT molecular complexity index is 316. The summed E-state index contributed by atoms with van der Waals surface area (Å²) in [6.07, 6.45) is -1.89. The quantitative estimate of drug-likeness (QED) is 0.561. The number of hydrogen-bond donors (Lipinski definition) is 0. The maximum absolute atomic E-state index is 12.1. The second kappa shape index (κ2) is 5.38. The number of rotatable bonds is 4. The maximum Gasteiger partial charge on any atom is 0.404 e. The lowest BCUT2D eigenvalue weighted by molar-refractivity contribution is -0.00486. The first-order valence-corrected chi connectivity index (χ1v) is 4.39. The first kappa shape index (κ1) is 11.6. The van der Waals surface area contributed by atoms with Crippen molar-refractivity contribution in [3.8, 4) is 0 Å². The van der Waals surface area contributed by atoms with Gasteiger partial charge in [-0.1, -0.05) is 30.3 Å². The minimum Gasteiger partial charge on any atom is -0.257 e. The van der Waals surface area contributed by atoms with Crippen LogP contribution < -0.4 is 0 Å². The summed E-state index contributed by atoms with van der Waals surface area (Å²) in [5.74, 6) is 0. The fourth-order valence-corrected chi connectivity index (χ4v) is 1.16. The highest BCUT2D eigenvalue weighted by atomic mass is 19.3. The van der Waals surface area contributed by atoms with Gasteiger partial charge < -0.3 is 0 Å². The molecular formula is C10H10F3NO. The Hall–Kier alpha value is -1.52. The normalized spacial score (nSPS) is 10.4. The lowest BCUT2D eigenvalue weighted by Gasteiger charge is -2.16. The Labute approximate surface area is 85.3 Å². The van der Waals surface area contributed by atoms with Gasteiger partial charge >= 0.3 is 12.7 Å². The van der Waals surface area contributed by atoms with Gasteiger partial charge in [0, 0.05) is 6.54 Å². The summed E-state index contributed by atoms with van der Waals surface area (Å²) in [5, 5.41) is 0. The first-order valence-electron chi connectivity index (χ1n) is 4.39. The molecule has 2 nitrogen and oxygen atoms in total. The van der Waals surface area contributed by atoms with Crippen molar-refractivity contribution in [3.63, 3.8) is 0 Å². The van der Waals surface area contributed by atoms with Gasteiger partial charge in [0.2, 0.25) is 0 Å². The van der Waals surface area contributed by atoms with Crippen LogP contribution in [0.5, 0.6) is 0 Å². The zero-order valence-corrected chi connectivity index (χ0v) is 7.87. The molecule has 1 amide bonds. The molecule has 0 heterocycles. The van der Waals surface area contributed by atoms with Gasteiger partial charge in [0.15, 0.2) is 0 Å². The molecule has 5 heteroatoms. The zero-order valence-electron chi connectivity index (χ0n) is 7.87.